The number of nitrogens with zero attached hydrogens (tertiary/aromatic N) is 1. The van der Waals surface area contributed by atoms with Crippen molar-refractivity contribution < 1.29 is 84.1 Å². The molecule has 2 aromatic rings. The number of nitro groups is 1. The Morgan fingerprint density at radius 3 is 2.41 bits per heavy atom. The molecule has 0 aliphatic carbocycles. The molecule has 0 aromatic heterocycles. The van der Waals surface area contributed by atoms with E-state index in [1.807, 2.05) is 0 Å². The Morgan fingerprint density at radius 2 is 1.90 bits per heavy atom. The van der Waals surface area contributed by atoms with Gasteiger partial charge in [0.05, 0.1) is 10.6 Å². The van der Waals surface area contributed by atoms with Gasteiger partial charge < -0.3 is 9.84 Å². The first kappa shape index (κ1) is 26.0. The van der Waals surface area contributed by atoms with Crippen molar-refractivity contribution in [2.75, 3.05) is 0 Å². The molecule has 12 heteroatoms. The van der Waals surface area contributed by atoms with Crippen LogP contribution in [-0.4, -0.2) is 21.8 Å². The molecule has 6 nitrogen and oxygen atoms in total. The zero-order chi connectivity index (χ0) is 21.1. The summed E-state index contributed by atoms with van der Waals surface area (Å²) in [6, 6.07) is 6.14. The number of alkyl halides is 3. The summed E-state index contributed by atoms with van der Waals surface area (Å²) >= 11 is 10.0. The molecule has 2 rings (SSSR count). The molecule has 0 spiro atoms. The summed E-state index contributed by atoms with van der Waals surface area (Å²) in [5, 5.41) is 20.3. The van der Waals surface area contributed by atoms with Gasteiger partial charge in [0.25, 0.3) is 6.04 Å². The van der Waals surface area contributed by atoms with E-state index in [1.165, 1.54) is 24.3 Å². The van der Waals surface area contributed by atoms with Gasteiger partial charge in [-0.2, -0.15) is 13.2 Å². The fourth-order valence-electron chi connectivity index (χ4n) is 2.24. The molecule has 1 unspecified atom stereocenters. The molecule has 0 fully saturated rings. The third-order valence-corrected chi connectivity index (χ3v) is 4.02. The van der Waals surface area contributed by atoms with E-state index in [-0.39, 0.29) is 73.5 Å². The van der Waals surface area contributed by atoms with Gasteiger partial charge in [-0.05, 0) is 35.9 Å². The standard InChI is InChI=1S/C17H11ClF3NO5S.K/c18-12-8-10(17(19,20)21)4-5-14(12)27-11-3-1-2-9(6-11)7-13(23)15(16(24)28)22(25)26;/h1-6,8,15H,7H2,(H,24,28);/q;+1/p-1. The van der Waals surface area contributed by atoms with E-state index in [0.29, 0.717) is 6.07 Å². The molecule has 0 aliphatic heterocycles. The molecule has 0 N–H and O–H groups in total. The zero-order valence-electron chi connectivity index (χ0n) is 14.7. The van der Waals surface area contributed by atoms with Gasteiger partial charge in [-0.3, -0.25) is 14.9 Å². The minimum absolute atomic E-state index is 0. The number of Topliss-reactive ketones (excluding diaryl/α,β-unsaturated/α-hetero) is 1. The molecule has 0 aliphatic rings. The minimum atomic E-state index is -4.56. The molecule has 2 aromatic carbocycles. The van der Waals surface area contributed by atoms with Gasteiger partial charge in [-0.15, -0.1) is 0 Å². The normalized spacial score (nSPS) is 11.9. The number of hydrogen-bond acceptors (Lipinski definition) is 6. The largest absolute Gasteiger partial charge is 1.00 e. The van der Waals surface area contributed by atoms with E-state index in [9.17, 15) is 33.2 Å². The van der Waals surface area contributed by atoms with Gasteiger partial charge in [-0.1, -0.05) is 36.0 Å². The Kier molecular flexibility index (Phi) is 9.66. The average Bonchev–Trinajstić information content (AvgIpc) is 2.55. The van der Waals surface area contributed by atoms with Crippen molar-refractivity contribution in [2.45, 2.75) is 18.6 Å². The first-order chi connectivity index (χ1) is 13.0. The second-order valence-corrected chi connectivity index (χ2v) is 6.35. The predicted molar refractivity (Wildman–Crippen MR) is 95.1 cm³/mol. The fourth-order valence-corrected chi connectivity index (χ4v) is 2.68. The van der Waals surface area contributed by atoms with Crippen LogP contribution in [0.25, 0.3) is 0 Å². The first-order valence-corrected chi connectivity index (χ1v) is 8.28. The molecular weight excluding hydrogens is 462 g/mol. The molecule has 29 heavy (non-hydrogen) atoms. The number of benzene rings is 2. The van der Waals surface area contributed by atoms with E-state index < -0.39 is 40.0 Å². The Hall–Kier alpha value is -1.08. The molecule has 0 amide bonds. The maximum absolute atomic E-state index is 12.7. The molecular formula is C17H10ClF3KNO5S. The van der Waals surface area contributed by atoms with E-state index in [1.54, 1.807) is 0 Å². The Balaban J connectivity index is 0.00000420. The van der Waals surface area contributed by atoms with E-state index in [2.05, 4.69) is 12.2 Å². The van der Waals surface area contributed by atoms with Crippen molar-refractivity contribution in [2.24, 2.45) is 0 Å². The van der Waals surface area contributed by atoms with Crippen molar-refractivity contribution >= 4 is 34.7 Å². The van der Waals surface area contributed by atoms with Crippen molar-refractivity contribution in [3.63, 3.8) is 0 Å². The SMILES string of the molecule is O=C(Cc1cccc(Oc2ccc(C(F)(F)F)cc2Cl)c1)C(C([O-])=S)[N+](=O)[O-].[K+]. The Morgan fingerprint density at radius 1 is 1.24 bits per heavy atom. The summed E-state index contributed by atoms with van der Waals surface area (Å²) in [4.78, 5) is 21.7. The van der Waals surface area contributed by atoms with Crippen molar-refractivity contribution in [1.82, 2.24) is 0 Å². The zero-order valence-corrected chi connectivity index (χ0v) is 19.4. The van der Waals surface area contributed by atoms with Crippen LogP contribution in [0.2, 0.25) is 5.02 Å². The Labute approximate surface area is 215 Å². The van der Waals surface area contributed by atoms with Crippen LogP contribution in [0.3, 0.4) is 0 Å². The summed E-state index contributed by atoms with van der Waals surface area (Å²) < 4.78 is 43.4. The molecule has 1 atom stereocenters. The van der Waals surface area contributed by atoms with Crippen LogP contribution in [0.5, 0.6) is 11.5 Å². The number of rotatable bonds is 7. The van der Waals surface area contributed by atoms with Crippen LogP contribution in [0.4, 0.5) is 13.2 Å². The molecule has 0 heterocycles. The third-order valence-electron chi connectivity index (χ3n) is 3.50. The summed E-state index contributed by atoms with van der Waals surface area (Å²) in [6.07, 6.45) is -5.01. The van der Waals surface area contributed by atoms with E-state index >= 15 is 0 Å². The van der Waals surface area contributed by atoms with Gasteiger partial charge in [0.2, 0.25) is 5.78 Å². The van der Waals surface area contributed by atoms with Crippen LogP contribution in [0.15, 0.2) is 42.5 Å². The van der Waals surface area contributed by atoms with Gasteiger partial charge in [0.1, 0.15) is 11.5 Å². The predicted octanol–water partition coefficient (Wildman–Crippen LogP) is 0.600. The monoisotopic (exact) mass is 471 g/mol. The maximum atomic E-state index is 12.7. The van der Waals surface area contributed by atoms with Gasteiger partial charge in [0.15, 0.2) is 0 Å². The topological polar surface area (TPSA) is 92.5 Å². The van der Waals surface area contributed by atoms with Crippen LogP contribution in [-0.2, 0) is 17.4 Å². The number of ketones is 1. The number of halogens is 4. The van der Waals surface area contributed by atoms with Crippen LogP contribution < -0.4 is 61.2 Å². The number of thiocarbonyl (C=S) groups is 1. The second kappa shape index (κ2) is 10.8. The molecule has 0 bridgehead atoms. The van der Waals surface area contributed by atoms with Crippen molar-refractivity contribution in [3.8, 4) is 11.5 Å². The van der Waals surface area contributed by atoms with Crippen LogP contribution in [0.1, 0.15) is 11.1 Å². The Bertz CT molecular complexity index is 928. The van der Waals surface area contributed by atoms with Crippen LogP contribution in [0, 0.1) is 10.1 Å². The summed E-state index contributed by atoms with van der Waals surface area (Å²) in [7, 11) is 0. The maximum Gasteiger partial charge on any atom is 1.00 e. The number of hydrogen-bond donors (Lipinski definition) is 0. The second-order valence-electron chi connectivity index (χ2n) is 5.54. The molecule has 0 saturated heterocycles. The average molecular weight is 472 g/mol. The minimum Gasteiger partial charge on any atom is -0.862 e. The van der Waals surface area contributed by atoms with E-state index in [0.717, 1.165) is 12.1 Å². The summed E-state index contributed by atoms with van der Waals surface area (Å²) in [5.74, 6) is -0.911. The van der Waals surface area contributed by atoms with Gasteiger partial charge in [-0.25, -0.2) is 0 Å². The smallest absolute Gasteiger partial charge is 0.862 e. The summed E-state index contributed by atoms with van der Waals surface area (Å²) in [5.41, 5.74) is -0.655. The molecule has 0 radical (unpaired) electrons. The van der Waals surface area contributed by atoms with Crippen LogP contribution >= 0.6 is 23.8 Å². The van der Waals surface area contributed by atoms with Crippen molar-refractivity contribution in [1.29, 1.82) is 0 Å². The molecule has 148 valence electrons. The first-order valence-electron chi connectivity index (χ1n) is 7.49. The van der Waals surface area contributed by atoms with E-state index in [4.69, 9.17) is 16.3 Å². The van der Waals surface area contributed by atoms with Gasteiger partial charge in [0, 0.05) is 16.4 Å². The number of ether oxygens (including phenoxy) is 1. The van der Waals surface area contributed by atoms with Gasteiger partial charge >= 0.3 is 57.6 Å². The fraction of sp³-hybridized carbons (Fsp3) is 0.176. The molecule has 0 saturated carbocycles. The number of carbonyl (C=O) groups is 1. The van der Waals surface area contributed by atoms with Crippen molar-refractivity contribution in [3.05, 3.63) is 68.7 Å². The quantitative estimate of drug-likeness (QED) is 0.254. The summed E-state index contributed by atoms with van der Waals surface area (Å²) in [6.45, 7) is 0. The number of carbonyl (C=O) groups excluding carboxylic acids is 1. The third kappa shape index (κ3) is 7.28.